The number of piperazine rings is 1. The number of rotatable bonds is 8. The second-order valence-corrected chi connectivity index (χ2v) is 10.5. The zero-order valence-corrected chi connectivity index (χ0v) is 24.2. The van der Waals surface area contributed by atoms with Crippen molar-refractivity contribution in [3.63, 3.8) is 0 Å². The predicted octanol–water partition coefficient (Wildman–Crippen LogP) is 6.29. The van der Waals surface area contributed by atoms with E-state index in [1.165, 1.54) is 0 Å². The third kappa shape index (κ3) is 7.05. The monoisotopic (exact) mass is 671 g/mol. The molecule has 8 heteroatoms. The minimum atomic E-state index is -0.251. The van der Waals surface area contributed by atoms with E-state index in [1.54, 1.807) is 11.0 Å². The van der Waals surface area contributed by atoms with Gasteiger partial charge in [0.25, 0.3) is 5.91 Å². The van der Waals surface area contributed by atoms with Gasteiger partial charge in [0.2, 0.25) is 0 Å². The molecule has 1 heterocycles. The van der Waals surface area contributed by atoms with Gasteiger partial charge in [-0.2, -0.15) is 5.26 Å². The largest absolute Gasteiger partial charge is 0.490 e. The molecule has 37 heavy (non-hydrogen) atoms. The molecule has 1 amide bonds. The van der Waals surface area contributed by atoms with Gasteiger partial charge in [-0.1, -0.05) is 46.3 Å². The average Bonchev–Trinajstić information content (AvgIpc) is 2.92. The summed E-state index contributed by atoms with van der Waals surface area (Å²) >= 11 is 5.65. The Hall–Kier alpha value is -3.03. The smallest absolute Gasteiger partial charge is 0.264 e. The molecule has 0 bridgehead atoms. The molecule has 1 aliphatic rings. The Labute approximate surface area is 239 Å². The predicted molar refractivity (Wildman–Crippen MR) is 158 cm³/mol. The fraction of sp³-hybridized carbons (Fsp3) is 0.241. The number of hydrogen-bond donors (Lipinski definition) is 0. The number of nitriles is 1. The summed E-state index contributed by atoms with van der Waals surface area (Å²) in [4.78, 5) is 17.2. The Morgan fingerprint density at radius 3 is 2.41 bits per heavy atom. The summed E-state index contributed by atoms with van der Waals surface area (Å²) in [6, 6.07) is 23.9. The summed E-state index contributed by atoms with van der Waals surface area (Å²) < 4.78 is 13.8. The van der Waals surface area contributed by atoms with Crippen LogP contribution < -0.4 is 14.4 Å². The number of para-hydroxylation sites is 1. The highest BCUT2D eigenvalue weighted by atomic mass is 127. The standard InChI is InChI=1S/C29H27BrIN3O3/c1-2-36-27-18-22(17-26(31)28(27)37-20-21-8-10-24(30)11-9-21)16-23(19-32)29(35)34-14-12-33(13-15-34)25-6-4-3-5-7-25/h3-11,16-18H,2,12-15,20H2,1H3/b23-16-. The second kappa shape index (κ2) is 13.0. The maximum atomic E-state index is 13.2. The fourth-order valence-corrected chi connectivity index (χ4v) is 5.14. The van der Waals surface area contributed by atoms with E-state index in [0.29, 0.717) is 37.8 Å². The third-order valence-corrected chi connectivity index (χ3v) is 7.31. The minimum absolute atomic E-state index is 0.106. The molecule has 0 saturated carbocycles. The molecule has 0 unspecified atom stereocenters. The molecule has 0 radical (unpaired) electrons. The molecule has 1 aliphatic heterocycles. The van der Waals surface area contributed by atoms with E-state index in [2.05, 4.69) is 61.6 Å². The summed E-state index contributed by atoms with van der Waals surface area (Å²) in [5.41, 5.74) is 3.01. The molecule has 0 aromatic heterocycles. The van der Waals surface area contributed by atoms with Gasteiger partial charge in [-0.05, 0) is 83.1 Å². The van der Waals surface area contributed by atoms with Crippen molar-refractivity contribution in [2.45, 2.75) is 13.5 Å². The lowest BCUT2D eigenvalue weighted by Crippen LogP contribution is -2.49. The number of carbonyl (C=O) groups excluding carboxylic acids is 1. The first-order valence-electron chi connectivity index (χ1n) is 12.0. The van der Waals surface area contributed by atoms with Gasteiger partial charge in [0.05, 0.1) is 10.2 Å². The molecular weight excluding hydrogens is 645 g/mol. The summed E-state index contributed by atoms with van der Waals surface area (Å²) in [5.74, 6) is 0.974. The Bertz CT molecular complexity index is 1300. The van der Waals surface area contributed by atoms with E-state index in [-0.39, 0.29) is 11.5 Å². The van der Waals surface area contributed by atoms with Gasteiger partial charge in [-0.15, -0.1) is 0 Å². The second-order valence-electron chi connectivity index (χ2n) is 8.46. The fourth-order valence-electron chi connectivity index (χ4n) is 4.10. The highest BCUT2D eigenvalue weighted by Crippen LogP contribution is 2.35. The topological polar surface area (TPSA) is 65.8 Å². The highest BCUT2D eigenvalue weighted by molar-refractivity contribution is 14.1. The van der Waals surface area contributed by atoms with Crippen LogP contribution in [0, 0.1) is 14.9 Å². The quantitative estimate of drug-likeness (QED) is 0.160. The molecule has 0 spiro atoms. The van der Waals surface area contributed by atoms with E-state index in [0.717, 1.165) is 37.9 Å². The van der Waals surface area contributed by atoms with Crippen LogP contribution in [0.3, 0.4) is 0 Å². The molecule has 4 rings (SSSR count). The molecule has 0 aliphatic carbocycles. The Balaban J connectivity index is 1.48. The number of hydrogen-bond acceptors (Lipinski definition) is 5. The van der Waals surface area contributed by atoms with Gasteiger partial charge in [0, 0.05) is 36.3 Å². The van der Waals surface area contributed by atoms with E-state index in [1.807, 2.05) is 61.5 Å². The van der Waals surface area contributed by atoms with Gasteiger partial charge in [0.15, 0.2) is 11.5 Å². The van der Waals surface area contributed by atoms with Gasteiger partial charge < -0.3 is 19.3 Å². The van der Waals surface area contributed by atoms with Crippen LogP contribution in [0.1, 0.15) is 18.1 Å². The summed E-state index contributed by atoms with van der Waals surface area (Å²) in [6.07, 6.45) is 1.63. The number of amides is 1. The van der Waals surface area contributed by atoms with Crippen LogP contribution in [0.5, 0.6) is 11.5 Å². The van der Waals surface area contributed by atoms with Crippen LogP contribution in [0.4, 0.5) is 5.69 Å². The van der Waals surface area contributed by atoms with Crippen molar-refractivity contribution in [2.75, 3.05) is 37.7 Å². The first-order chi connectivity index (χ1) is 18.0. The summed E-state index contributed by atoms with van der Waals surface area (Å²) in [6.45, 7) is 5.36. The van der Waals surface area contributed by atoms with Crippen molar-refractivity contribution in [3.05, 3.63) is 91.5 Å². The Morgan fingerprint density at radius 2 is 1.76 bits per heavy atom. The number of nitrogens with zero attached hydrogens (tertiary/aromatic N) is 3. The van der Waals surface area contributed by atoms with Gasteiger partial charge >= 0.3 is 0 Å². The maximum Gasteiger partial charge on any atom is 0.264 e. The van der Waals surface area contributed by atoms with Crippen LogP contribution in [0.2, 0.25) is 0 Å². The van der Waals surface area contributed by atoms with Gasteiger partial charge in [-0.25, -0.2) is 0 Å². The normalized spacial score (nSPS) is 13.7. The molecule has 1 fully saturated rings. The van der Waals surface area contributed by atoms with Crippen molar-refractivity contribution < 1.29 is 14.3 Å². The van der Waals surface area contributed by atoms with Crippen molar-refractivity contribution in [2.24, 2.45) is 0 Å². The molecule has 3 aromatic rings. The molecule has 0 N–H and O–H groups in total. The van der Waals surface area contributed by atoms with E-state index in [9.17, 15) is 10.1 Å². The van der Waals surface area contributed by atoms with Crippen molar-refractivity contribution in [3.8, 4) is 17.6 Å². The molecule has 6 nitrogen and oxygen atoms in total. The number of ether oxygens (including phenoxy) is 2. The van der Waals surface area contributed by atoms with Crippen LogP contribution in [0.25, 0.3) is 6.08 Å². The first kappa shape index (κ1) is 27.0. The number of halogens is 2. The molecule has 1 saturated heterocycles. The summed E-state index contributed by atoms with van der Waals surface area (Å²) in [7, 11) is 0. The highest BCUT2D eigenvalue weighted by Gasteiger charge is 2.24. The molecular formula is C29H27BrIN3O3. The molecule has 0 atom stereocenters. The number of anilines is 1. The van der Waals surface area contributed by atoms with Crippen LogP contribution in [0.15, 0.2) is 76.8 Å². The van der Waals surface area contributed by atoms with Crippen LogP contribution in [-0.4, -0.2) is 43.6 Å². The zero-order valence-electron chi connectivity index (χ0n) is 20.5. The Morgan fingerprint density at radius 1 is 1.05 bits per heavy atom. The van der Waals surface area contributed by atoms with E-state index in [4.69, 9.17) is 9.47 Å². The zero-order chi connectivity index (χ0) is 26.2. The maximum absolute atomic E-state index is 13.2. The van der Waals surface area contributed by atoms with Gasteiger partial charge in [-0.3, -0.25) is 4.79 Å². The van der Waals surface area contributed by atoms with Crippen molar-refractivity contribution in [1.82, 2.24) is 4.90 Å². The van der Waals surface area contributed by atoms with Crippen LogP contribution in [-0.2, 0) is 11.4 Å². The molecule has 190 valence electrons. The first-order valence-corrected chi connectivity index (χ1v) is 13.9. The van der Waals surface area contributed by atoms with Crippen molar-refractivity contribution >= 4 is 56.2 Å². The third-order valence-electron chi connectivity index (χ3n) is 5.98. The SMILES string of the molecule is CCOc1cc(/C=C(/C#N)C(=O)N2CCN(c3ccccc3)CC2)cc(I)c1OCc1ccc(Br)cc1. The lowest BCUT2D eigenvalue weighted by atomic mass is 10.1. The van der Waals surface area contributed by atoms with Gasteiger partial charge in [0.1, 0.15) is 18.2 Å². The summed E-state index contributed by atoms with van der Waals surface area (Å²) in [5, 5.41) is 9.81. The van der Waals surface area contributed by atoms with Crippen molar-refractivity contribution in [1.29, 1.82) is 5.26 Å². The Kier molecular flexibility index (Phi) is 9.47. The molecule has 3 aromatic carbocycles. The van der Waals surface area contributed by atoms with E-state index >= 15 is 0 Å². The van der Waals surface area contributed by atoms with Crippen LogP contribution >= 0.6 is 38.5 Å². The lowest BCUT2D eigenvalue weighted by Gasteiger charge is -2.36. The number of benzene rings is 3. The lowest BCUT2D eigenvalue weighted by molar-refractivity contribution is -0.126. The van der Waals surface area contributed by atoms with E-state index < -0.39 is 0 Å². The number of carbonyl (C=O) groups is 1. The minimum Gasteiger partial charge on any atom is -0.490 e. The average molecular weight is 672 g/mol.